The monoisotopic (exact) mass is 379 g/mol. The van der Waals surface area contributed by atoms with Crippen LogP contribution in [0.5, 0.6) is 0 Å². The number of rotatable bonds is 7. The van der Waals surface area contributed by atoms with Crippen molar-refractivity contribution in [2.45, 2.75) is 51.1 Å². The largest absolute Gasteiger partial charge is 0.338 e. The summed E-state index contributed by atoms with van der Waals surface area (Å²) in [4.78, 5) is 14.8. The molecule has 0 bridgehead atoms. The van der Waals surface area contributed by atoms with Crippen molar-refractivity contribution in [3.8, 4) is 0 Å². The fraction of sp³-hybridized carbons (Fsp3) is 0.458. The topological polar surface area (TPSA) is 44.4 Å². The maximum Gasteiger partial charge on any atom is 0.315 e. The number of nitrogens with one attached hydrogen (secondary N) is 2. The minimum absolute atomic E-state index is 0.0390. The Kier molecular flexibility index (Phi) is 7.49. The third-order valence-corrected chi connectivity index (χ3v) is 5.72. The van der Waals surface area contributed by atoms with Crippen LogP contribution >= 0.6 is 0 Å². The minimum Gasteiger partial charge on any atom is -0.338 e. The zero-order valence-corrected chi connectivity index (χ0v) is 17.1. The summed E-state index contributed by atoms with van der Waals surface area (Å²) < 4.78 is 0. The predicted octanol–water partition coefficient (Wildman–Crippen LogP) is 4.38. The summed E-state index contributed by atoms with van der Waals surface area (Å²) in [5.74, 6) is 0.289. The summed E-state index contributed by atoms with van der Waals surface area (Å²) in [5, 5.41) is 6.23. The van der Waals surface area contributed by atoms with Gasteiger partial charge < -0.3 is 15.5 Å². The van der Waals surface area contributed by atoms with Crippen LogP contribution < -0.4 is 10.6 Å². The Labute approximate surface area is 169 Å². The number of urea groups is 1. The highest BCUT2D eigenvalue weighted by Crippen LogP contribution is 2.27. The smallest absolute Gasteiger partial charge is 0.315 e. The summed E-state index contributed by atoms with van der Waals surface area (Å²) in [6, 6.07) is 21.9. The third-order valence-electron chi connectivity index (χ3n) is 5.72. The van der Waals surface area contributed by atoms with Crippen molar-refractivity contribution in [1.82, 2.24) is 15.5 Å². The molecule has 1 saturated heterocycles. The van der Waals surface area contributed by atoms with E-state index in [-0.39, 0.29) is 18.0 Å². The fourth-order valence-corrected chi connectivity index (χ4v) is 4.02. The molecule has 0 aliphatic carbocycles. The van der Waals surface area contributed by atoms with Crippen molar-refractivity contribution < 1.29 is 4.79 Å². The Hall–Kier alpha value is -2.33. The van der Waals surface area contributed by atoms with E-state index >= 15 is 0 Å². The van der Waals surface area contributed by atoms with E-state index in [0.717, 1.165) is 32.4 Å². The first-order valence-electron chi connectivity index (χ1n) is 10.5. The molecule has 4 nitrogen and oxygen atoms in total. The molecule has 2 aromatic carbocycles. The minimum atomic E-state index is -0.0390. The van der Waals surface area contributed by atoms with Crippen LogP contribution in [0.4, 0.5) is 4.79 Å². The Morgan fingerprint density at radius 1 is 0.964 bits per heavy atom. The van der Waals surface area contributed by atoms with Crippen molar-refractivity contribution in [2.24, 2.45) is 0 Å². The molecule has 1 aliphatic rings. The number of hydrogen-bond donors (Lipinski definition) is 2. The van der Waals surface area contributed by atoms with Crippen molar-refractivity contribution in [2.75, 3.05) is 19.6 Å². The molecule has 28 heavy (non-hydrogen) atoms. The van der Waals surface area contributed by atoms with Gasteiger partial charge in [0.1, 0.15) is 0 Å². The van der Waals surface area contributed by atoms with E-state index in [2.05, 4.69) is 77.9 Å². The first-order chi connectivity index (χ1) is 13.6. The molecular formula is C24H33N3O. The number of carbonyl (C=O) groups excluding carboxylic acids is 1. The molecule has 0 spiro atoms. The Morgan fingerprint density at radius 3 is 2.00 bits per heavy atom. The maximum absolute atomic E-state index is 12.3. The average Bonchev–Trinajstić information content (AvgIpc) is 2.73. The molecule has 150 valence electrons. The number of amides is 2. The van der Waals surface area contributed by atoms with Crippen LogP contribution in [0.1, 0.15) is 50.2 Å². The fourth-order valence-electron chi connectivity index (χ4n) is 4.02. The van der Waals surface area contributed by atoms with E-state index in [0.29, 0.717) is 12.6 Å². The molecule has 1 fully saturated rings. The Bertz CT molecular complexity index is 670. The molecule has 0 atom stereocenters. The van der Waals surface area contributed by atoms with Gasteiger partial charge in [-0.25, -0.2) is 4.79 Å². The molecule has 2 N–H and O–H groups in total. The van der Waals surface area contributed by atoms with E-state index in [4.69, 9.17) is 0 Å². The van der Waals surface area contributed by atoms with E-state index in [9.17, 15) is 4.79 Å². The van der Waals surface area contributed by atoms with E-state index < -0.39 is 0 Å². The van der Waals surface area contributed by atoms with Crippen LogP contribution in [0, 0.1) is 0 Å². The molecular weight excluding hydrogens is 346 g/mol. The van der Waals surface area contributed by atoms with Gasteiger partial charge in [0.2, 0.25) is 0 Å². The quantitative estimate of drug-likeness (QED) is 0.750. The summed E-state index contributed by atoms with van der Waals surface area (Å²) >= 11 is 0. The van der Waals surface area contributed by atoms with E-state index in [1.54, 1.807) is 0 Å². The number of piperidine rings is 1. The summed E-state index contributed by atoms with van der Waals surface area (Å²) in [6.07, 6.45) is 2.94. The second kappa shape index (κ2) is 10.3. The van der Waals surface area contributed by atoms with Crippen LogP contribution in [-0.4, -0.2) is 42.6 Å². The van der Waals surface area contributed by atoms with E-state index in [1.165, 1.54) is 11.1 Å². The number of likely N-dealkylation sites (tertiary alicyclic amines) is 1. The lowest BCUT2D eigenvalue weighted by Gasteiger charge is -2.34. The van der Waals surface area contributed by atoms with Crippen molar-refractivity contribution in [1.29, 1.82) is 0 Å². The second-order valence-corrected chi connectivity index (χ2v) is 7.97. The van der Waals surface area contributed by atoms with Crippen molar-refractivity contribution >= 4 is 6.03 Å². The standard InChI is InChI=1S/C24H33N3O/c1-19(2)27-17-14-22(15-18-27)26-24(28)25-16-13-23(20-9-5-3-6-10-20)21-11-7-4-8-12-21/h3-12,19,22-23H,13-18H2,1-2H3,(H2,25,26,28). The SMILES string of the molecule is CC(C)N1CCC(NC(=O)NCCC(c2ccccc2)c2ccccc2)CC1. The first kappa shape index (κ1) is 20.4. The Morgan fingerprint density at radius 2 is 1.50 bits per heavy atom. The molecule has 0 aromatic heterocycles. The highest BCUT2D eigenvalue weighted by molar-refractivity contribution is 5.74. The Balaban J connectivity index is 1.49. The van der Waals surface area contributed by atoms with Crippen LogP contribution in [0.25, 0.3) is 0 Å². The lowest BCUT2D eigenvalue weighted by molar-refractivity contribution is 0.161. The molecule has 0 saturated carbocycles. The van der Waals surface area contributed by atoms with Gasteiger partial charge in [0.25, 0.3) is 0 Å². The van der Waals surface area contributed by atoms with Gasteiger partial charge in [-0.05, 0) is 44.2 Å². The van der Waals surface area contributed by atoms with Crippen LogP contribution in [0.2, 0.25) is 0 Å². The van der Waals surface area contributed by atoms with Crippen LogP contribution in [0.15, 0.2) is 60.7 Å². The van der Waals surface area contributed by atoms with Crippen LogP contribution in [-0.2, 0) is 0 Å². The van der Waals surface area contributed by atoms with Gasteiger partial charge in [0.15, 0.2) is 0 Å². The van der Waals surface area contributed by atoms with Crippen molar-refractivity contribution in [3.05, 3.63) is 71.8 Å². The molecule has 4 heteroatoms. The predicted molar refractivity (Wildman–Crippen MR) is 116 cm³/mol. The van der Waals surface area contributed by atoms with Gasteiger partial charge in [-0.1, -0.05) is 60.7 Å². The number of nitrogens with zero attached hydrogens (tertiary/aromatic N) is 1. The zero-order chi connectivity index (χ0) is 19.8. The molecule has 1 heterocycles. The van der Waals surface area contributed by atoms with E-state index in [1.807, 2.05) is 12.1 Å². The molecule has 2 amide bonds. The summed E-state index contributed by atoms with van der Waals surface area (Å²) in [6.45, 7) is 7.25. The molecule has 1 aliphatic heterocycles. The highest BCUT2D eigenvalue weighted by Gasteiger charge is 2.22. The second-order valence-electron chi connectivity index (χ2n) is 7.97. The van der Waals surface area contributed by atoms with Gasteiger partial charge in [-0.15, -0.1) is 0 Å². The van der Waals surface area contributed by atoms with Gasteiger partial charge in [-0.2, -0.15) is 0 Å². The summed E-state index contributed by atoms with van der Waals surface area (Å²) in [5.41, 5.74) is 2.58. The number of hydrogen-bond acceptors (Lipinski definition) is 2. The number of carbonyl (C=O) groups is 1. The molecule has 0 radical (unpaired) electrons. The summed E-state index contributed by atoms with van der Waals surface area (Å²) in [7, 11) is 0. The maximum atomic E-state index is 12.3. The normalized spacial score (nSPS) is 15.7. The van der Waals surface area contributed by atoms with Gasteiger partial charge in [-0.3, -0.25) is 0 Å². The van der Waals surface area contributed by atoms with Gasteiger partial charge >= 0.3 is 6.03 Å². The van der Waals surface area contributed by atoms with Crippen LogP contribution in [0.3, 0.4) is 0 Å². The van der Waals surface area contributed by atoms with Gasteiger partial charge in [0, 0.05) is 37.6 Å². The lowest BCUT2D eigenvalue weighted by atomic mass is 9.88. The first-order valence-corrected chi connectivity index (χ1v) is 10.5. The zero-order valence-electron chi connectivity index (χ0n) is 17.1. The highest BCUT2D eigenvalue weighted by atomic mass is 16.2. The number of benzene rings is 2. The molecule has 3 rings (SSSR count). The molecule has 2 aromatic rings. The third kappa shape index (κ3) is 5.83. The van der Waals surface area contributed by atoms with Gasteiger partial charge in [0.05, 0.1) is 0 Å². The average molecular weight is 380 g/mol. The lowest BCUT2D eigenvalue weighted by Crippen LogP contribution is -2.49. The van der Waals surface area contributed by atoms with Crippen molar-refractivity contribution in [3.63, 3.8) is 0 Å². The molecule has 0 unspecified atom stereocenters.